The van der Waals surface area contributed by atoms with Gasteiger partial charge in [0.05, 0.1) is 17.7 Å². The number of halogens is 2. The fraction of sp³-hybridized carbons (Fsp3) is 0.286. The van der Waals surface area contributed by atoms with Gasteiger partial charge in [0.15, 0.2) is 0 Å². The van der Waals surface area contributed by atoms with Gasteiger partial charge < -0.3 is 10.1 Å². The summed E-state index contributed by atoms with van der Waals surface area (Å²) in [6.45, 7) is 3.30. The molecule has 2 rings (SSSR count). The van der Waals surface area contributed by atoms with Gasteiger partial charge >= 0.3 is 5.97 Å². The first-order chi connectivity index (χ1) is 9.51. The smallest absolute Gasteiger partial charge is 0.341 e. The number of hydrogen-bond acceptors (Lipinski definition) is 4. The van der Waals surface area contributed by atoms with Crippen molar-refractivity contribution in [3.63, 3.8) is 0 Å². The minimum absolute atomic E-state index is 0.0458. The Labute approximate surface area is 114 Å². The number of nitrogens with zero attached hydrogens (tertiary/aromatic N) is 1. The molecule has 0 unspecified atom stereocenters. The summed E-state index contributed by atoms with van der Waals surface area (Å²) in [7, 11) is 1.52. The van der Waals surface area contributed by atoms with Crippen LogP contribution in [0, 0.1) is 18.6 Å². The van der Waals surface area contributed by atoms with E-state index in [1.165, 1.54) is 20.2 Å². The maximum absolute atomic E-state index is 14.3. The van der Waals surface area contributed by atoms with Crippen molar-refractivity contribution in [1.82, 2.24) is 4.98 Å². The number of rotatable bonds is 3. The van der Waals surface area contributed by atoms with Crippen LogP contribution in [0.5, 0.6) is 0 Å². The molecule has 0 aliphatic rings. The van der Waals surface area contributed by atoms with E-state index < -0.39 is 17.6 Å². The number of esters is 1. The Hall–Kier alpha value is -2.24. The minimum Gasteiger partial charge on any atom is -0.462 e. The molecule has 0 fully saturated rings. The molecule has 106 valence electrons. The quantitative estimate of drug-likeness (QED) is 0.878. The second-order valence-corrected chi connectivity index (χ2v) is 4.23. The Balaban J connectivity index is 2.82. The number of nitrogens with one attached hydrogen (secondary N) is 1. The van der Waals surface area contributed by atoms with E-state index in [0.717, 1.165) is 6.07 Å². The molecule has 0 radical (unpaired) electrons. The summed E-state index contributed by atoms with van der Waals surface area (Å²) in [6, 6.07) is 1.08. The number of aromatic nitrogens is 1. The fourth-order valence-corrected chi connectivity index (χ4v) is 2.05. The van der Waals surface area contributed by atoms with Crippen LogP contribution in [0.3, 0.4) is 0 Å². The van der Waals surface area contributed by atoms with Gasteiger partial charge in [0.1, 0.15) is 22.7 Å². The zero-order valence-corrected chi connectivity index (χ0v) is 11.4. The lowest BCUT2D eigenvalue weighted by Crippen LogP contribution is -2.10. The van der Waals surface area contributed by atoms with Crippen LogP contribution in [0.15, 0.2) is 12.3 Å². The Morgan fingerprint density at radius 3 is 2.75 bits per heavy atom. The third kappa shape index (κ3) is 2.17. The summed E-state index contributed by atoms with van der Waals surface area (Å²) < 4.78 is 33.0. The van der Waals surface area contributed by atoms with Crippen molar-refractivity contribution in [2.75, 3.05) is 19.0 Å². The number of pyridine rings is 1. The molecule has 1 aromatic carbocycles. The Morgan fingerprint density at radius 1 is 1.45 bits per heavy atom. The summed E-state index contributed by atoms with van der Waals surface area (Å²) >= 11 is 0. The summed E-state index contributed by atoms with van der Waals surface area (Å²) in [5.41, 5.74) is 0.277. The minimum atomic E-state index is -0.634. The molecule has 0 saturated heterocycles. The predicted octanol–water partition coefficient (Wildman–Crippen LogP) is 3.04. The first-order valence-corrected chi connectivity index (χ1v) is 6.13. The highest BCUT2D eigenvalue weighted by Gasteiger charge is 2.21. The number of hydrogen-bond donors (Lipinski definition) is 1. The van der Waals surface area contributed by atoms with E-state index in [4.69, 9.17) is 4.74 Å². The molecular weight excluding hydrogens is 266 g/mol. The molecule has 1 N–H and O–H groups in total. The molecule has 0 aliphatic carbocycles. The lowest BCUT2D eigenvalue weighted by molar-refractivity contribution is 0.0527. The van der Waals surface area contributed by atoms with Crippen molar-refractivity contribution < 1.29 is 18.3 Å². The molecule has 0 aliphatic heterocycles. The SMILES string of the molecule is CCOC(=O)c1cnc2c(F)cc(C)c(F)c2c1NC. The Morgan fingerprint density at radius 2 is 2.15 bits per heavy atom. The van der Waals surface area contributed by atoms with Crippen LogP contribution in [-0.2, 0) is 4.74 Å². The first-order valence-electron chi connectivity index (χ1n) is 6.13. The Kier molecular flexibility index (Phi) is 3.83. The molecule has 6 heteroatoms. The first kappa shape index (κ1) is 14.2. The average Bonchev–Trinajstić information content (AvgIpc) is 2.43. The van der Waals surface area contributed by atoms with Crippen LogP contribution >= 0.6 is 0 Å². The van der Waals surface area contributed by atoms with Crippen LogP contribution < -0.4 is 5.32 Å². The highest BCUT2D eigenvalue weighted by Crippen LogP contribution is 2.31. The van der Waals surface area contributed by atoms with Crippen LogP contribution in [0.4, 0.5) is 14.5 Å². The number of carbonyl (C=O) groups excluding carboxylic acids is 1. The number of fused-ring (bicyclic) bond motifs is 1. The highest BCUT2D eigenvalue weighted by atomic mass is 19.1. The monoisotopic (exact) mass is 280 g/mol. The maximum Gasteiger partial charge on any atom is 0.341 e. The predicted molar refractivity (Wildman–Crippen MR) is 71.9 cm³/mol. The van der Waals surface area contributed by atoms with Crippen molar-refractivity contribution >= 4 is 22.6 Å². The van der Waals surface area contributed by atoms with E-state index in [0.29, 0.717) is 0 Å². The van der Waals surface area contributed by atoms with Crippen molar-refractivity contribution in [3.8, 4) is 0 Å². The van der Waals surface area contributed by atoms with E-state index >= 15 is 0 Å². The van der Waals surface area contributed by atoms with Gasteiger partial charge in [-0.25, -0.2) is 13.6 Å². The zero-order valence-electron chi connectivity index (χ0n) is 11.4. The molecule has 2 aromatic rings. The lowest BCUT2D eigenvalue weighted by atomic mass is 10.1. The van der Waals surface area contributed by atoms with Crippen LogP contribution in [0.25, 0.3) is 10.9 Å². The molecule has 1 heterocycles. The van der Waals surface area contributed by atoms with Crippen molar-refractivity contribution in [2.24, 2.45) is 0 Å². The molecule has 0 saturated carbocycles. The molecule has 1 aromatic heterocycles. The Bertz CT molecular complexity index is 687. The summed E-state index contributed by atoms with van der Waals surface area (Å²) in [4.78, 5) is 15.7. The van der Waals surface area contributed by atoms with Gasteiger partial charge in [0, 0.05) is 13.2 Å². The largest absolute Gasteiger partial charge is 0.462 e. The van der Waals surface area contributed by atoms with E-state index in [9.17, 15) is 13.6 Å². The van der Waals surface area contributed by atoms with Crippen LogP contribution in [0.1, 0.15) is 22.8 Å². The lowest BCUT2D eigenvalue weighted by Gasteiger charge is -2.13. The molecule has 20 heavy (non-hydrogen) atoms. The average molecular weight is 280 g/mol. The molecule has 0 atom stereocenters. The molecule has 0 spiro atoms. The number of carbonyl (C=O) groups is 1. The topological polar surface area (TPSA) is 51.2 Å². The van der Waals surface area contributed by atoms with Crippen molar-refractivity contribution in [2.45, 2.75) is 13.8 Å². The van der Waals surface area contributed by atoms with Crippen molar-refractivity contribution in [1.29, 1.82) is 0 Å². The highest BCUT2D eigenvalue weighted by molar-refractivity contribution is 6.05. The summed E-state index contributed by atoms with van der Waals surface area (Å²) in [5.74, 6) is -1.87. The third-order valence-corrected chi connectivity index (χ3v) is 2.96. The van der Waals surface area contributed by atoms with Gasteiger partial charge in [-0.1, -0.05) is 0 Å². The second kappa shape index (κ2) is 5.40. The van der Waals surface area contributed by atoms with E-state index in [-0.39, 0.29) is 34.3 Å². The van der Waals surface area contributed by atoms with E-state index in [1.807, 2.05) is 0 Å². The third-order valence-electron chi connectivity index (χ3n) is 2.96. The van der Waals surface area contributed by atoms with Gasteiger partial charge in [-0.2, -0.15) is 0 Å². The van der Waals surface area contributed by atoms with E-state index in [1.54, 1.807) is 6.92 Å². The number of anilines is 1. The van der Waals surface area contributed by atoms with Crippen LogP contribution in [0.2, 0.25) is 0 Å². The number of ether oxygens (including phenoxy) is 1. The van der Waals surface area contributed by atoms with Gasteiger partial charge in [-0.15, -0.1) is 0 Å². The second-order valence-electron chi connectivity index (χ2n) is 4.23. The van der Waals surface area contributed by atoms with Gasteiger partial charge in [0.2, 0.25) is 0 Å². The number of benzene rings is 1. The van der Waals surface area contributed by atoms with Crippen molar-refractivity contribution in [3.05, 3.63) is 35.0 Å². The van der Waals surface area contributed by atoms with Gasteiger partial charge in [-0.3, -0.25) is 4.98 Å². The maximum atomic E-state index is 14.3. The normalized spacial score (nSPS) is 10.7. The molecule has 0 bridgehead atoms. The number of aryl methyl sites for hydroxylation is 1. The summed E-state index contributed by atoms with van der Waals surface area (Å²) in [6.07, 6.45) is 1.18. The summed E-state index contributed by atoms with van der Waals surface area (Å²) in [5, 5.41) is 2.68. The van der Waals surface area contributed by atoms with Crippen LogP contribution in [-0.4, -0.2) is 24.6 Å². The fourth-order valence-electron chi connectivity index (χ4n) is 2.05. The molecule has 4 nitrogen and oxygen atoms in total. The van der Waals surface area contributed by atoms with Gasteiger partial charge in [0.25, 0.3) is 0 Å². The molecular formula is C14H14F2N2O2. The van der Waals surface area contributed by atoms with E-state index in [2.05, 4.69) is 10.3 Å². The zero-order chi connectivity index (χ0) is 14.9. The molecule has 0 amide bonds. The van der Waals surface area contributed by atoms with Gasteiger partial charge in [-0.05, 0) is 25.5 Å². The standard InChI is InChI=1S/C14H14F2N2O2/c1-4-20-14(19)8-6-18-13-9(15)5-7(2)11(16)10(13)12(8)17-3/h5-6H,4H2,1-3H3,(H,17,18).